The Balaban J connectivity index is 1.68. The molecule has 28 heavy (non-hydrogen) atoms. The third kappa shape index (κ3) is 4.89. The van der Waals surface area contributed by atoms with E-state index in [2.05, 4.69) is 4.40 Å². The van der Waals surface area contributed by atoms with Crippen LogP contribution in [0.1, 0.15) is 21.5 Å². The summed E-state index contributed by atoms with van der Waals surface area (Å²) in [6.07, 6.45) is 1.22. The van der Waals surface area contributed by atoms with Crippen molar-refractivity contribution in [1.29, 1.82) is 0 Å². The molecule has 0 amide bonds. The lowest BCUT2D eigenvalue weighted by Gasteiger charge is -2.04. The van der Waals surface area contributed by atoms with Crippen LogP contribution in [0.25, 0.3) is 0 Å². The number of rotatable bonds is 5. The molecule has 0 aliphatic rings. The van der Waals surface area contributed by atoms with Crippen LogP contribution >= 0.6 is 0 Å². The molecule has 0 aliphatic heterocycles. The SMILES string of the molecule is Cc1ccc(S(=O)(=O)/N=C\c2ccc(OC(=O)c3ccc(F)cc3)cc2)cc1. The number of sulfonamides is 1. The summed E-state index contributed by atoms with van der Waals surface area (Å²) in [7, 11) is -3.79. The van der Waals surface area contributed by atoms with Gasteiger partial charge in [-0.25, -0.2) is 9.18 Å². The first-order valence-corrected chi connectivity index (χ1v) is 9.72. The maximum Gasteiger partial charge on any atom is 0.343 e. The minimum atomic E-state index is -3.79. The Morgan fingerprint density at radius 3 is 2.14 bits per heavy atom. The molecule has 142 valence electrons. The largest absolute Gasteiger partial charge is 0.423 e. The van der Waals surface area contributed by atoms with Crippen molar-refractivity contribution in [3.63, 3.8) is 0 Å². The first-order valence-electron chi connectivity index (χ1n) is 8.28. The van der Waals surface area contributed by atoms with Crippen molar-refractivity contribution in [3.05, 3.63) is 95.3 Å². The van der Waals surface area contributed by atoms with Gasteiger partial charge < -0.3 is 4.74 Å². The lowest BCUT2D eigenvalue weighted by Crippen LogP contribution is -2.08. The number of nitrogens with zero attached hydrogens (tertiary/aromatic N) is 1. The van der Waals surface area contributed by atoms with E-state index in [0.29, 0.717) is 5.56 Å². The van der Waals surface area contributed by atoms with Crippen molar-refractivity contribution < 1.29 is 22.3 Å². The first kappa shape index (κ1) is 19.4. The second-order valence-electron chi connectivity index (χ2n) is 5.99. The lowest BCUT2D eigenvalue weighted by molar-refractivity contribution is 0.0734. The van der Waals surface area contributed by atoms with Crippen molar-refractivity contribution in [2.24, 2.45) is 4.40 Å². The predicted octanol–water partition coefficient (Wildman–Crippen LogP) is 4.16. The summed E-state index contributed by atoms with van der Waals surface area (Å²) in [4.78, 5) is 12.1. The van der Waals surface area contributed by atoms with E-state index in [-0.39, 0.29) is 16.2 Å². The van der Waals surface area contributed by atoms with E-state index < -0.39 is 21.8 Å². The Morgan fingerprint density at radius 2 is 1.54 bits per heavy atom. The molecule has 0 N–H and O–H groups in total. The number of hydrogen-bond donors (Lipinski definition) is 0. The van der Waals surface area contributed by atoms with Crippen LogP contribution in [0.3, 0.4) is 0 Å². The Morgan fingerprint density at radius 1 is 0.929 bits per heavy atom. The van der Waals surface area contributed by atoms with Crippen LogP contribution in [-0.2, 0) is 10.0 Å². The lowest BCUT2D eigenvalue weighted by atomic mass is 10.2. The highest BCUT2D eigenvalue weighted by molar-refractivity contribution is 7.90. The van der Waals surface area contributed by atoms with E-state index in [1.807, 2.05) is 6.92 Å². The number of carbonyl (C=O) groups excluding carboxylic acids is 1. The van der Waals surface area contributed by atoms with Gasteiger partial charge >= 0.3 is 5.97 Å². The predicted molar refractivity (Wildman–Crippen MR) is 104 cm³/mol. The minimum absolute atomic E-state index is 0.110. The van der Waals surface area contributed by atoms with Crippen molar-refractivity contribution >= 4 is 22.2 Å². The molecule has 3 rings (SSSR count). The van der Waals surface area contributed by atoms with Gasteiger partial charge in [0.1, 0.15) is 11.6 Å². The molecule has 3 aromatic carbocycles. The number of benzene rings is 3. The zero-order valence-electron chi connectivity index (χ0n) is 14.9. The van der Waals surface area contributed by atoms with Crippen LogP contribution in [0.2, 0.25) is 0 Å². The fraction of sp³-hybridized carbons (Fsp3) is 0.0476. The van der Waals surface area contributed by atoms with Gasteiger partial charge in [-0.3, -0.25) is 0 Å². The average Bonchev–Trinajstić information content (AvgIpc) is 2.68. The van der Waals surface area contributed by atoms with Crippen LogP contribution < -0.4 is 4.74 Å². The fourth-order valence-corrected chi connectivity index (χ4v) is 3.14. The molecule has 3 aromatic rings. The normalized spacial score (nSPS) is 11.5. The molecule has 0 spiro atoms. The number of halogens is 1. The monoisotopic (exact) mass is 397 g/mol. The molecular weight excluding hydrogens is 381 g/mol. The van der Waals surface area contributed by atoms with Crippen LogP contribution in [0.4, 0.5) is 4.39 Å². The molecule has 0 atom stereocenters. The van der Waals surface area contributed by atoms with E-state index in [1.165, 1.54) is 54.7 Å². The van der Waals surface area contributed by atoms with E-state index in [1.54, 1.807) is 24.3 Å². The number of aryl methyl sites for hydroxylation is 1. The van der Waals surface area contributed by atoms with Gasteiger partial charge in [0.2, 0.25) is 0 Å². The van der Waals surface area contributed by atoms with Crippen molar-refractivity contribution in [1.82, 2.24) is 0 Å². The summed E-state index contributed by atoms with van der Waals surface area (Å²) in [6.45, 7) is 1.87. The number of carbonyl (C=O) groups is 1. The van der Waals surface area contributed by atoms with E-state index in [0.717, 1.165) is 5.56 Å². The average molecular weight is 397 g/mol. The van der Waals surface area contributed by atoms with Gasteiger partial charge in [-0.15, -0.1) is 0 Å². The van der Waals surface area contributed by atoms with Crippen LogP contribution in [0.15, 0.2) is 82.1 Å². The Kier molecular flexibility index (Phi) is 5.65. The second-order valence-corrected chi connectivity index (χ2v) is 7.62. The molecule has 0 heterocycles. The zero-order valence-corrected chi connectivity index (χ0v) is 15.7. The maximum atomic E-state index is 12.9. The molecule has 0 unspecified atom stereocenters. The van der Waals surface area contributed by atoms with Gasteiger partial charge in [-0.1, -0.05) is 17.7 Å². The summed E-state index contributed by atoms with van der Waals surface area (Å²) in [6, 6.07) is 17.6. The standard InChI is InChI=1S/C21H16FNO4S/c1-15-2-12-20(13-3-15)28(25,26)23-14-16-4-10-19(11-5-16)27-21(24)17-6-8-18(22)9-7-17/h2-14H,1H3/b23-14-. The quantitative estimate of drug-likeness (QED) is 0.368. The molecule has 5 nitrogen and oxygen atoms in total. The topological polar surface area (TPSA) is 72.8 Å². The van der Waals surface area contributed by atoms with Crippen molar-refractivity contribution in [2.75, 3.05) is 0 Å². The molecule has 0 fully saturated rings. The highest BCUT2D eigenvalue weighted by Crippen LogP contribution is 2.16. The molecular formula is C21H16FNO4S. The van der Waals surface area contributed by atoms with E-state index in [4.69, 9.17) is 4.74 Å². The van der Waals surface area contributed by atoms with E-state index >= 15 is 0 Å². The van der Waals surface area contributed by atoms with E-state index in [9.17, 15) is 17.6 Å². The molecule has 0 saturated heterocycles. The van der Waals surface area contributed by atoms with Gasteiger partial charge in [0.25, 0.3) is 10.0 Å². The molecule has 0 aliphatic carbocycles. The summed E-state index contributed by atoms with van der Waals surface area (Å²) >= 11 is 0. The van der Waals surface area contributed by atoms with Gasteiger partial charge in [-0.2, -0.15) is 12.8 Å². The molecule has 0 bridgehead atoms. The second kappa shape index (κ2) is 8.14. The highest BCUT2D eigenvalue weighted by atomic mass is 32.2. The van der Waals surface area contributed by atoms with Crippen LogP contribution in [-0.4, -0.2) is 20.6 Å². The highest BCUT2D eigenvalue weighted by Gasteiger charge is 2.11. The van der Waals surface area contributed by atoms with Gasteiger partial charge in [0.15, 0.2) is 0 Å². The smallest absolute Gasteiger partial charge is 0.343 e. The van der Waals surface area contributed by atoms with Crippen LogP contribution in [0.5, 0.6) is 5.75 Å². The van der Waals surface area contributed by atoms with Crippen LogP contribution in [0, 0.1) is 12.7 Å². The van der Waals surface area contributed by atoms with Crippen molar-refractivity contribution in [3.8, 4) is 5.75 Å². The number of hydrogen-bond acceptors (Lipinski definition) is 4. The number of ether oxygens (including phenoxy) is 1. The van der Waals surface area contributed by atoms with Crippen molar-refractivity contribution in [2.45, 2.75) is 11.8 Å². The van der Waals surface area contributed by atoms with Gasteiger partial charge in [-0.05, 0) is 73.2 Å². The summed E-state index contributed by atoms with van der Waals surface area (Å²) in [5.41, 5.74) is 1.70. The maximum absolute atomic E-state index is 12.9. The number of esters is 1. The molecule has 0 radical (unpaired) electrons. The summed E-state index contributed by atoms with van der Waals surface area (Å²) in [5.74, 6) is -0.794. The van der Waals surface area contributed by atoms with Gasteiger partial charge in [0, 0.05) is 6.21 Å². The molecule has 0 saturated carbocycles. The third-order valence-electron chi connectivity index (χ3n) is 3.83. The molecule has 0 aromatic heterocycles. The first-order chi connectivity index (χ1) is 13.3. The van der Waals surface area contributed by atoms with Gasteiger partial charge in [0.05, 0.1) is 10.5 Å². The Hall–Kier alpha value is -3.32. The Labute approximate surface area is 162 Å². The fourth-order valence-electron chi connectivity index (χ4n) is 2.28. The third-order valence-corrected chi connectivity index (χ3v) is 5.08. The summed E-state index contributed by atoms with van der Waals surface area (Å²) in [5, 5.41) is 0. The zero-order chi connectivity index (χ0) is 20.1. The Bertz CT molecular complexity index is 1100. The molecule has 7 heteroatoms. The minimum Gasteiger partial charge on any atom is -0.423 e. The summed E-state index contributed by atoms with van der Waals surface area (Å²) < 4.78 is 46.2.